The van der Waals surface area contributed by atoms with E-state index in [0.29, 0.717) is 35.4 Å². The number of benzene rings is 1. The van der Waals surface area contributed by atoms with E-state index in [4.69, 9.17) is 11.6 Å². The molecule has 0 radical (unpaired) electrons. The van der Waals surface area contributed by atoms with Gasteiger partial charge in [0, 0.05) is 36.5 Å². The maximum Gasteiger partial charge on any atom is 0.393 e. The molecule has 3 aromatic rings. The number of carbonyl (C=O) groups is 1. The van der Waals surface area contributed by atoms with Gasteiger partial charge in [-0.25, -0.2) is 14.4 Å². The lowest BCUT2D eigenvalue weighted by atomic mass is 9.87. The average Bonchev–Trinajstić information content (AvgIpc) is 3.28. The molecule has 2 aliphatic heterocycles. The number of anilines is 2. The molecule has 5 rings (SSSR count). The van der Waals surface area contributed by atoms with Crippen molar-refractivity contribution >= 4 is 40.0 Å². The number of H-pyrrole nitrogens is 1. The number of nitrogens with one attached hydrogen (secondary N) is 2. The molecule has 1 amide bonds. The highest BCUT2D eigenvalue weighted by molar-refractivity contribution is 6.30. The summed E-state index contributed by atoms with van der Waals surface area (Å²) in [6, 6.07) is 3.75. The topological polar surface area (TPSA) is 77.2 Å². The largest absolute Gasteiger partial charge is 0.393 e. The van der Waals surface area contributed by atoms with Gasteiger partial charge in [-0.15, -0.1) is 0 Å². The van der Waals surface area contributed by atoms with Gasteiger partial charge in [0.2, 0.25) is 5.91 Å². The molecule has 4 heterocycles. The minimum Gasteiger partial charge on any atom is -0.374 e. The Hall–Kier alpha value is -3.08. The van der Waals surface area contributed by atoms with Crippen LogP contribution in [-0.4, -0.2) is 63.7 Å². The van der Waals surface area contributed by atoms with E-state index in [-0.39, 0.29) is 31.1 Å². The molecule has 1 unspecified atom stereocenters. The first-order chi connectivity index (χ1) is 16.7. The number of rotatable bonds is 4. The summed E-state index contributed by atoms with van der Waals surface area (Å²) in [6.45, 7) is 0.366. The van der Waals surface area contributed by atoms with Crippen LogP contribution in [0.1, 0.15) is 19.3 Å². The number of nitrogens with zero attached hydrogens (tertiary/aromatic N) is 4. The number of hydrogen-bond donors (Lipinski definition) is 2. The number of amides is 1. The van der Waals surface area contributed by atoms with Gasteiger partial charge in [-0.1, -0.05) is 11.6 Å². The third-order valence-corrected chi connectivity index (χ3v) is 6.93. The Morgan fingerprint density at radius 1 is 1.14 bits per heavy atom. The Kier molecular flexibility index (Phi) is 6.20. The summed E-state index contributed by atoms with van der Waals surface area (Å²) in [4.78, 5) is 28.0. The maximum atomic E-state index is 14.1. The molecule has 35 heavy (non-hydrogen) atoms. The number of likely N-dealkylation sites (tertiary alicyclic amines) is 1. The van der Waals surface area contributed by atoms with Crippen molar-refractivity contribution in [2.45, 2.75) is 37.5 Å². The Balaban J connectivity index is 1.42. The number of alkyl halides is 3. The third-order valence-electron chi connectivity index (χ3n) is 6.71. The van der Waals surface area contributed by atoms with E-state index < -0.39 is 35.9 Å². The molecule has 2 aromatic heterocycles. The highest BCUT2D eigenvalue weighted by Crippen LogP contribution is 2.39. The van der Waals surface area contributed by atoms with Gasteiger partial charge < -0.3 is 20.1 Å². The number of halogens is 5. The van der Waals surface area contributed by atoms with Gasteiger partial charge in [0.25, 0.3) is 0 Å². The van der Waals surface area contributed by atoms with Crippen LogP contribution < -0.4 is 10.2 Å². The third kappa shape index (κ3) is 4.73. The SMILES string of the molecule is O=C1C(Nc2cc(F)cc(Cl)c2)CCCN1[C@H]1CN(c2ncnc3[nH]ccc23)CC[C@@H]1C(F)(F)F. The fourth-order valence-electron chi connectivity index (χ4n) is 5.13. The summed E-state index contributed by atoms with van der Waals surface area (Å²) in [5.74, 6) is -2.13. The van der Waals surface area contributed by atoms with Crippen LogP contribution >= 0.6 is 11.6 Å². The highest BCUT2D eigenvalue weighted by Gasteiger charge is 2.51. The molecule has 2 N–H and O–H groups in total. The molecule has 2 saturated heterocycles. The minimum atomic E-state index is -4.46. The van der Waals surface area contributed by atoms with Gasteiger partial charge in [0.1, 0.15) is 29.7 Å². The quantitative estimate of drug-likeness (QED) is 0.501. The Morgan fingerprint density at radius 3 is 2.74 bits per heavy atom. The second kappa shape index (κ2) is 9.18. The Bertz CT molecular complexity index is 1210. The van der Waals surface area contributed by atoms with Crippen LogP contribution in [0.5, 0.6) is 0 Å². The molecule has 186 valence electrons. The molecular formula is C23H23ClF4N6O. The van der Waals surface area contributed by atoms with Crippen molar-refractivity contribution in [3.63, 3.8) is 0 Å². The van der Waals surface area contributed by atoms with Crippen molar-refractivity contribution in [3.8, 4) is 0 Å². The highest BCUT2D eigenvalue weighted by atomic mass is 35.5. The van der Waals surface area contributed by atoms with Gasteiger partial charge in [-0.05, 0) is 43.5 Å². The molecule has 3 atom stereocenters. The van der Waals surface area contributed by atoms with Crippen molar-refractivity contribution in [3.05, 3.63) is 47.6 Å². The average molecular weight is 511 g/mol. The lowest BCUT2D eigenvalue weighted by molar-refractivity contribution is -0.197. The molecule has 0 spiro atoms. The van der Waals surface area contributed by atoms with Crippen molar-refractivity contribution in [1.29, 1.82) is 0 Å². The molecule has 2 fully saturated rings. The lowest BCUT2D eigenvalue weighted by Gasteiger charge is -2.47. The second-order valence-electron chi connectivity index (χ2n) is 8.92. The molecule has 2 aliphatic rings. The van der Waals surface area contributed by atoms with Crippen LogP contribution in [0.15, 0.2) is 36.8 Å². The van der Waals surface area contributed by atoms with E-state index in [1.54, 1.807) is 17.2 Å². The Morgan fingerprint density at radius 2 is 1.97 bits per heavy atom. The van der Waals surface area contributed by atoms with Crippen LogP contribution in [0.3, 0.4) is 0 Å². The van der Waals surface area contributed by atoms with E-state index in [0.717, 1.165) is 6.07 Å². The normalized spacial score (nSPS) is 23.7. The zero-order valence-corrected chi connectivity index (χ0v) is 19.3. The van der Waals surface area contributed by atoms with Gasteiger partial charge in [-0.3, -0.25) is 4.79 Å². The fraction of sp³-hybridized carbons (Fsp3) is 0.435. The molecule has 12 heteroatoms. The predicted molar refractivity (Wildman–Crippen MR) is 124 cm³/mol. The molecule has 1 aromatic carbocycles. The second-order valence-corrected chi connectivity index (χ2v) is 9.35. The Labute approximate surface area is 203 Å². The monoisotopic (exact) mass is 510 g/mol. The van der Waals surface area contributed by atoms with Gasteiger partial charge in [-0.2, -0.15) is 13.2 Å². The van der Waals surface area contributed by atoms with Crippen LogP contribution in [0.2, 0.25) is 5.02 Å². The fourth-order valence-corrected chi connectivity index (χ4v) is 5.36. The van der Waals surface area contributed by atoms with E-state index >= 15 is 0 Å². The first kappa shape index (κ1) is 23.7. The molecule has 0 bridgehead atoms. The number of aromatic amines is 1. The zero-order chi connectivity index (χ0) is 24.7. The summed E-state index contributed by atoms with van der Waals surface area (Å²) in [7, 11) is 0. The van der Waals surface area contributed by atoms with E-state index in [2.05, 4.69) is 20.3 Å². The van der Waals surface area contributed by atoms with Crippen LogP contribution in [-0.2, 0) is 4.79 Å². The summed E-state index contributed by atoms with van der Waals surface area (Å²) in [5.41, 5.74) is 0.903. The summed E-state index contributed by atoms with van der Waals surface area (Å²) in [5, 5.41) is 3.84. The zero-order valence-electron chi connectivity index (χ0n) is 18.5. The lowest BCUT2D eigenvalue weighted by Crippen LogP contribution is -2.62. The van der Waals surface area contributed by atoms with Crippen molar-refractivity contribution < 1.29 is 22.4 Å². The summed E-state index contributed by atoms with van der Waals surface area (Å²) in [6.07, 6.45) is -0.607. The molecule has 0 saturated carbocycles. The van der Waals surface area contributed by atoms with E-state index in [1.165, 1.54) is 23.4 Å². The number of hydrogen-bond acceptors (Lipinski definition) is 5. The van der Waals surface area contributed by atoms with Crippen LogP contribution in [0.25, 0.3) is 11.0 Å². The summed E-state index contributed by atoms with van der Waals surface area (Å²) >= 11 is 5.91. The first-order valence-electron chi connectivity index (χ1n) is 11.3. The number of aromatic nitrogens is 3. The maximum absolute atomic E-state index is 14.1. The van der Waals surface area contributed by atoms with Gasteiger partial charge in [0.05, 0.1) is 17.3 Å². The van der Waals surface area contributed by atoms with Crippen LogP contribution in [0, 0.1) is 11.7 Å². The standard InChI is InChI=1S/C23H23ClF4N6O/c24-13-8-14(25)10-15(9-13)32-18-2-1-6-34(22(18)35)19-11-33(7-4-17(19)23(26,27)28)21-16-3-5-29-20(16)30-12-31-21/h3,5,8-10,12,17-19,32H,1-2,4,6-7,11H2,(H,29,30,31)/t17-,18?,19-/m0/s1. The molecule has 0 aliphatic carbocycles. The summed E-state index contributed by atoms with van der Waals surface area (Å²) < 4.78 is 56.0. The molecular weight excluding hydrogens is 488 g/mol. The van der Waals surface area contributed by atoms with Crippen LogP contribution in [0.4, 0.5) is 29.1 Å². The van der Waals surface area contributed by atoms with Gasteiger partial charge in [0.15, 0.2) is 0 Å². The van der Waals surface area contributed by atoms with Crippen molar-refractivity contribution in [2.24, 2.45) is 5.92 Å². The smallest absolute Gasteiger partial charge is 0.374 e. The number of piperidine rings is 2. The van der Waals surface area contributed by atoms with Gasteiger partial charge >= 0.3 is 6.18 Å². The van der Waals surface area contributed by atoms with Crippen molar-refractivity contribution in [1.82, 2.24) is 19.9 Å². The van der Waals surface area contributed by atoms with Crippen molar-refractivity contribution in [2.75, 3.05) is 29.9 Å². The van der Waals surface area contributed by atoms with E-state index in [9.17, 15) is 22.4 Å². The first-order valence-corrected chi connectivity index (χ1v) is 11.7. The predicted octanol–water partition coefficient (Wildman–Crippen LogP) is 4.61. The minimum absolute atomic E-state index is 0.00821. The van der Waals surface area contributed by atoms with E-state index in [1.807, 2.05) is 0 Å². The number of carbonyl (C=O) groups excluding carboxylic acids is 1. The molecule has 7 nitrogen and oxygen atoms in total. The number of fused-ring (bicyclic) bond motifs is 1.